The molecule has 1 aliphatic heterocycles. The molecule has 10 heteroatoms. The Bertz CT molecular complexity index is 795. The molecule has 1 unspecified atom stereocenters. The summed E-state index contributed by atoms with van der Waals surface area (Å²) in [7, 11) is 1.67. The van der Waals surface area contributed by atoms with Crippen molar-refractivity contribution in [3.63, 3.8) is 0 Å². The number of rotatable bonds is 4. The molecule has 0 aromatic carbocycles. The van der Waals surface area contributed by atoms with E-state index in [9.17, 15) is 18.0 Å². The van der Waals surface area contributed by atoms with Crippen molar-refractivity contribution in [2.75, 3.05) is 33.3 Å². The second-order valence-corrected chi connectivity index (χ2v) is 7.15. The van der Waals surface area contributed by atoms with Crippen molar-refractivity contribution in [3.8, 4) is 0 Å². The average Bonchev–Trinajstić information content (AvgIpc) is 2.97. The van der Waals surface area contributed by atoms with Gasteiger partial charge >= 0.3 is 6.18 Å². The molecular formula is C18H22ClF3N4O2. The predicted octanol–water partition coefficient (Wildman–Crippen LogP) is 2.87. The van der Waals surface area contributed by atoms with E-state index in [0.717, 1.165) is 16.8 Å². The highest BCUT2D eigenvalue weighted by molar-refractivity contribution is 6.32. The van der Waals surface area contributed by atoms with Crippen LogP contribution in [-0.4, -0.2) is 64.9 Å². The van der Waals surface area contributed by atoms with Crippen molar-refractivity contribution in [3.05, 3.63) is 40.3 Å². The van der Waals surface area contributed by atoms with Crippen LogP contribution in [0.1, 0.15) is 17.8 Å². The van der Waals surface area contributed by atoms with Crippen LogP contribution in [0.3, 0.4) is 0 Å². The summed E-state index contributed by atoms with van der Waals surface area (Å²) in [6.07, 6.45) is 2.40. The number of nitrogens with zero attached hydrogens (tertiary/aromatic N) is 4. The molecule has 0 radical (unpaired) electrons. The van der Waals surface area contributed by atoms with Gasteiger partial charge in [-0.1, -0.05) is 17.7 Å². The zero-order valence-electron chi connectivity index (χ0n) is 15.7. The third kappa shape index (κ3) is 4.35. The number of halogens is 4. The SMILES string of the molecule is COC1C=C(N2CCN(C(=O)Cn3nc(C(F)(F)F)c(Cl)c3C)CC2)C=CC1. The number of carbonyl (C=O) groups excluding carboxylic acids is 1. The summed E-state index contributed by atoms with van der Waals surface area (Å²) in [5.74, 6) is -0.279. The molecule has 3 rings (SSSR count). The summed E-state index contributed by atoms with van der Waals surface area (Å²) in [6, 6.07) is 0. The van der Waals surface area contributed by atoms with Gasteiger partial charge in [-0.05, 0) is 25.5 Å². The molecule has 28 heavy (non-hydrogen) atoms. The molecule has 2 heterocycles. The van der Waals surface area contributed by atoms with Gasteiger partial charge in [-0.3, -0.25) is 9.48 Å². The van der Waals surface area contributed by atoms with Crippen molar-refractivity contribution in [1.82, 2.24) is 19.6 Å². The lowest BCUT2D eigenvalue weighted by Gasteiger charge is -2.37. The van der Waals surface area contributed by atoms with Crippen molar-refractivity contribution >= 4 is 17.5 Å². The summed E-state index contributed by atoms with van der Waals surface area (Å²) in [5, 5.41) is 3.03. The lowest BCUT2D eigenvalue weighted by Crippen LogP contribution is -2.49. The van der Waals surface area contributed by atoms with Gasteiger partial charge in [0.1, 0.15) is 6.54 Å². The summed E-state index contributed by atoms with van der Waals surface area (Å²) < 4.78 is 45.2. The summed E-state index contributed by atoms with van der Waals surface area (Å²) >= 11 is 5.74. The van der Waals surface area contributed by atoms with Crippen molar-refractivity contribution < 1.29 is 22.7 Å². The Morgan fingerprint density at radius 3 is 2.57 bits per heavy atom. The highest BCUT2D eigenvalue weighted by atomic mass is 35.5. The van der Waals surface area contributed by atoms with E-state index in [4.69, 9.17) is 16.3 Å². The molecule has 1 aliphatic carbocycles. The highest BCUT2D eigenvalue weighted by Gasteiger charge is 2.38. The van der Waals surface area contributed by atoms with E-state index in [1.54, 1.807) is 12.0 Å². The second-order valence-electron chi connectivity index (χ2n) is 6.77. The van der Waals surface area contributed by atoms with Gasteiger partial charge in [0.2, 0.25) is 5.91 Å². The number of hydrogen-bond acceptors (Lipinski definition) is 4. The number of methoxy groups -OCH3 is 1. The largest absolute Gasteiger partial charge is 0.436 e. The van der Waals surface area contributed by atoms with Crippen LogP contribution in [0.5, 0.6) is 0 Å². The van der Waals surface area contributed by atoms with Crippen molar-refractivity contribution in [2.45, 2.75) is 32.2 Å². The fraction of sp³-hybridized carbons (Fsp3) is 0.556. The molecule has 1 fully saturated rings. The van der Waals surface area contributed by atoms with Crippen molar-refractivity contribution in [2.24, 2.45) is 0 Å². The first-order valence-corrected chi connectivity index (χ1v) is 9.32. The molecule has 1 saturated heterocycles. The van der Waals surface area contributed by atoms with Gasteiger partial charge in [0, 0.05) is 39.0 Å². The van der Waals surface area contributed by atoms with Crippen molar-refractivity contribution in [1.29, 1.82) is 0 Å². The minimum absolute atomic E-state index is 0.0510. The van der Waals surface area contributed by atoms with Gasteiger partial charge in [0.05, 0.1) is 16.8 Å². The topological polar surface area (TPSA) is 50.6 Å². The number of hydrogen-bond donors (Lipinski definition) is 0. The smallest absolute Gasteiger partial charge is 0.377 e. The molecular weight excluding hydrogens is 397 g/mol. The van der Waals surface area contributed by atoms with Gasteiger partial charge < -0.3 is 14.5 Å². The van der Waals surface area contributed by atoms with Crippen LogP contribution in [0.4, 0.5) is 13.2 Å². The highest BCUT2D eigenvalue weighted by Crippen LogP contribution is 2.35. The van der Waals surface area contributed by atoms with Gasteiger partial charge in [0.15, 0.2) is 5.69 Å². The van der Waals surface area contributed by atoms with E-state index in [1.807, 2.05) is 6.08 Å². The molecule has 1 amide bonds. The molecule has 2 aliphatic rings. The lowest BCUT2D eigenvalue weighted by atomic mass is 10.1. The van der Waals surface area contributed by atoms with Crippen LogP contribution in [0.15, 0.2) is 23.9 Å². The van der Waals surface area contributed by atoms with E-state index in [1.165, 1.54) is 6.92 Å². The lowest BCUT2D eigenvalue weighted by molar-refractivity contribution is -0.142. The second kappa shape index (κ2) is 8.16. The quantitative estimate of drug-likeness (QED) is 0.754. The number of piperazine rings is 1. The molecule has 0 bridgehead atoms. The Kier molecular flexibility index (Phi) is 6.04. The van der Waals surface area contributed by atoms with Crippen LogP contribution < -0.4 is 0 Å². The first-order valence-electron chi connectivity index (χ1n) is 8.94. The van der Waals surface area contributed by atoms with Crippen LogP contribution in [0, 0.1) is 6.92 Å². The number of allylic oxidation sites excluding steroid dienone is 1. The standard InChI is InChI=1S/C18H22ClF3N4O2/c1-12-16(19)17(18(20,21)22)23-26(12)11-15(27)25-8-6-24(7-9-25)13-4-3-5-14(10-13)28-2/h3-4,10,14H,5-9,11H2,1-2H3. The molecule has 1 aromatic heterocycles. The monoisotopic (exact) mass is 418 g/mol. The minimum atomic E-state index is -4.65. The Hall–Kier alpha value is -2.00. The molecule has 1 atom stereocenters. The van der Waals surface area contributed by atoms with Gasteiger partial charge in [-0.15, -0.1) is 0 Å². The maximum absolute atomic E-state index is 12.9. The van der Waals surface area contributed by atoms with E-state index < -0.39 is 16.9 Å². The number of carbonyl (C=O) groups is 1. The Labute approximate surface area is 166 Å². The summed E-state index contributed by atoms with van der Waals surface area (Å²) in [5.41, 5.74) is 0.0341. The number of aromatic nitrogens is 2. The number of ether oxygens (including phenoxy) is 1. The van der Waals surface area contributed by atoms with E-state index in [-0.39, 0.29) is 24.2 Å². The zero-order chi connectivity index (χ0) is 20.5. The molecule has 6 nitrogen and oxygen atoms in total. The Morgan fingerprint density at radius 2 is 2.00 bits per heavy atom. The summed E-state index contributed by atoms with van der Waals surface area (Å²) in [6.45, 7) is 3.42. The van der Waals surface area contributed by atoms with Crippen LogP contribution in [0.2, 0.25) is 5.02 Å². The predicted molar refractivity (Wildman–Crippen MR) is 97.8 cm³/mol. The number of alkyl halides is 3. The van der Waals surface area contributed by atoms with E-state index in [2.05, 4.69) is 22.2 Å². The molecule has 154 valence electrons. The van der Waals surface area contributed by atoms with E-state index in [0.29, 0.717) is 26.2 Å². The van der Waals surface area contributed by atoms with E-state index >= 15 is 0 Å². The van der Waals surface area contributed by atoms with Crippen LogP contribution in [0.25, 0.3) is 0 Å². The summed E-state index contributed by atoms with van der Waals surface area (Å²) in [4.78, 5) is 16.4. The van der Waals surface area contributed by atoms with Crippen LogP contribution in [-0.2, 0) is 22.3 Å². The Balaban J connectivity index is 1.61. The third-order valence-corrected chi connectivity index (χ3v) is 5.45. The molecule has 0 N–H and O–H groups in total. The maximum Gasteiger partial charge on any atom is 0.436 e. The fourth-order valence-electron chi connectivity index (χ4n) is 3.31. The minimum Gasteiger partial charge on any atom is -0.377 e. The van der Waals surface area contributed by atoms with Gasteiger partial charge in [-0.2, -0.15) is 18.3 Å². The molecule has 0 saturated carbocycles. The first-order chi connectivity index (χ1) is 13.2. The molecule has 0 spiro atoms. The van der Waals surface area contributed by atoms with Gasteiger partial charge in [0.25, 0.3) is 0 Å². The fourth-order valence-corrected chi connectivity index (χ4v) is 3.56. The van der Waals surface area contributed by atoms with Crippen LogP contribution >= 0.6 is 11.6 Å². The normalized spacial score (nSPS) is 20.5. The maximum atomic E-state index is 12.9. The molecule has 1 aromatic rings. The first kappa shape index (κ1) is 20.7. The average molecular weight is 419 g/mol. The zero-order valence-corrected chi connectivity index (χ0v) is 16.4. The Morgan fingerprint density at radius 1 is 1.32 bits per heavy atom. The number of amides is 1. The van der Waals surface area contributed by atoms with Gasteiger partial charge in [-0.25, -0.2) is 0 Å². The third-order valence-electron chi connectivity index (χ3n) is 5.00.